The molecule has 0 bridgehead atoms. The largest absolute Gasteiger partial charge is 0.358 e. The molecule has 0 radical (unpaired) electrons. The molecule has 2 aromatic rings. The number of hydrogen-bond donors (Lipinski definition) is 1. The van der Waals surface area contributed by atoms with Gasteiger partial charge in [-0.15, -0.1) is 0 Å². The lowest BCUT2D eigenvalue weighted by atomic mass is 10.0. The summed E-state index contributed by atoms with van der Waals surface area (Å²) < 4.78 is 0. The maximum absolute atomic E-state index is 12.1. The third-order valence-corrected chi connectivity index (χ3v) is 3.56. The average Bonchev–Trinajstić information content (AvgIpc) is 3.12. The number of hydrogen-bond acceptors (Lipinski definition) is 1. The van der Waals surface area contributed by atoms with Crippen LogP contribution in [0, 0.1) is 0 Å². The topological polar surface area (TPSA) is 32.9 Å². The molecule has 0 amide bonds. The molecule has 1 aliphatic rings. The van der Waals surface area contributed by atoms with Crippen LogP contribution < -0.4 is 5.43 Å². The van der Waals surface area contributed by atoms with E-state index in [9.17, 15) is 4.79 Å². The van der Waals surface area contributed by atoms with E-state index in [0.29, 0.717) is 11.8 Å². The fourth-order valence-corrected chi connectivity index (χ4v) is 2.26. The van der Waals surface area contributed by atoms with Crippen molar-refractivity contribution in [1.29, 1.82) is 0 Å². The van der Waals surface area contributed by atoms with Gasteiger partial charge in [-0.2, -0.15) is 0 Å². The van der Waals surface area contributed by atoms with Gasteiger partial charge in [0.25, 0.3) is 0 Å². The first-order chi connectivity index (χ1) is 8.15. The second-order valence-electron chi connectivity index (χ2n) is 5.32. The highest BCUT2D eigenvalue weighted by molar-refractivity contribution is 5.79. The van der Waals surface area contributed by atoms with Crippen molar-refractivity contribution in [2.24, 2.45) is 0 Å². The third-order valence-electron chi connectivity index (χ3n) is 3.56. The van der Waals surface area contributed by atoms with Crippen LogP contribution in [0.5, 0.6) is 0 Å². The predicted octanol–water partition coefficient (Wildman–Crippen LogP) is 3.53. The van der Waals surface area contributed by atoms with Gasteiger partial charge >= 0.3 is 0 Å². The van der Waals surface area contributed by atoms with Gasteiger partial charge in [-0.25, -0.2) is 0 Å². The molecule has 2 nitrogen and oxygen atoms in total. The molecule has 88 valence electrons. The molecule has 0 spiro atoms. The van der Waals surface area contributed by atoms with Crippen LogP contribution in [0.15, 0.2) is 29.1 Å². The summed E-state index contributed by atoms with van der Waals surface area (Å²) in [6.45, 7) is 4.29. The molecule has 1 aromatic carbocycles. The minimum Gasteiger partial charge on any atom is -0.358 e. The summed E-state index contributed by atoms with van der Waals surface area (Å²) in [7, 11) is 0. The number of benzene rings is 1. The van der Waals surface area contributed by atoms with Crippen molar-refractivity contribution in [3.05, 3.63) is 45.7 Å². The predicted molar refractivity (Wildman–Crippen MR) is 70.6 cm³/mol. The Hall–Kier alpha value is -1.57. The third kappa shape index (κ3) is 1.88. The standard InChI is InChI=1S/C15H17NO/c1-9(2)11-5-6-13-12(7-11)15(17)8-14(16-13)10-3-4-10/h5-10H,3-4H2,1-2H3,(H,16,17). The molecule has 2 heteroatoms. The molecule has 3 rings (SSSR count). The van der Waals surface area contributed by atoms with Crippen LogP contribution in [-0.4, -0.2) is 4.98 Å². The number of nitrogens with one attached hydrogen (secondary N) is 1. The molecule has 1 fully saturated rings. The van der Waals surface area contributed by atoms with Gasteiger partial charge in [0.1, 0.15) is 0 Å². The highest BCUT2D eigenvalue weighted by atomic mass is 16.1. The Bertz CT molecular complexity index is 620. The Morgan fingerprint density at radius 2 is 2.00 bits per heavy atom. The molecule has 17 heavy (non-hydrogen) atoms. The number of pyridine rings is 1. The second kappa shape index (κ2) is 3.73. The summed E-state index contributed by atoms with van der Waals surface area (Å²) in [6, 6.07) is 7.96. The van der Waals surface area contributed by atoms with E-state index in [1.165, 1.54) is 18.4 Å². The van der Waals surface area contributed by atoms with Gasteiger partial charge in [0, 0.05) is 22.7 Å². The maximum atomic E-state index is 12.1. The van der Waals surface area contributed by atoms with Crippen molar-refractivity contribution in [1.82, 2.24) is 4.98 Å². The lowest BCUT2D eigenvalue weighted by molar-refractivity contribution is 0.868. The number of fused-ring (bicyclic) bond motifs is 1. The van der Waals surface area contributed by atoms with Crippen molar-refractivity contribution < 1.29 is 0 Å². The number of H-pyrrole nitrogens is 1. The number of aromatic nitrogens is 1. The van der Waals surface area contributed by atoms with Crippen LogP contribution in [0.2, 0.25) is 0 Å². The van der Waals surface area contributed by atoms with Crippen LogP contribution in [0.4, 0.5) is 0 Å². The molecule has 0 aliphatic heterocycles. The summed E-state index contributed by atoms with van der Waals surface area (Å²) in [4.78, 5) is 15.5. The zero-order valence-corrected chi connectivity index (χ0v) is 10.3. The lowest BCUT2D eigenvalue weighted by Crippen LogP contribution is -2.05. The number of rotatable bonds is 2. The van der Waals surface area contributed by atoms with Gasteiger partial charge in [-0.05, 0) is 42.4 Å². The summed E-state index contributed by atoms with van der Waals surface area (Å²) >= 11 is 0. The molecular formula is C15H17NO. The number of aromatic amines is 1. The first kappa shape index (κ1) is 10.6. The van der Waals surface area contributed by atoms with E-state index in [4.69, 9.17) is 0 Å². The fourth-order valence-electron chi connectivity index (χ4n) is 2.26. The average molecular weight is 227 g/mol. The summed E-state index contributed by atoms with van der Waals surface area (Å²) in [5, 5.41) is 0.820. The van der Waals surface area contributed by atoms with Crippen LogP contribution >= 0.6 is 0 Å². The fraction of sp³-hybridized carbons (Fsp3) is 0.400. The Kier molecular flexibility index (Phi) is 2.32. The Morgan fingerprint density at radius 3 is 2.65 bits per heavy atom. The molecule has 1 heterocycles. The van der Waals surface area contributed by atoms with Gasteiger partial charge in [-0.1, -0.05) is 19.9 Å². The van der Waals surface area contributed by atoms with Gasteiger partial charge < -0.3 is 4.98 Å². The van der Waals surface area contributed by atoms with Crippen LogP contribution in [0.25, 0.3) is 10.9 Å². The SMILES string of the molecule is CC(C)c1ccc2[nH]c(C3CC3)cc(=O)c2c1. The normalized spacial score (nSPS) is 15.7. The zero-order chi connectivity index (χ0) is 12.0. The van der Waals surface area contributed by atoms with Crippen molar-refractivity contribution in [2.45, 2.75) is 38.5 Å². The van der Waals surface area contributed by atoms with Crippen LogP contribution in [-0.2, 0) is 0 Å². The molecule has 0 atom stereocenters. The summed E-state index contributed by atoms with van der Waals surface area (Å²) in [5.41, 5.74) is 3.47. The molecular weight excluding hydrogens is 210 g/mol. The quantitative estimate of drug-likeness (QED) is 0.836. The highest BCUT2D eigenvalue weighted by Crippen LogP contribution is 2.38. The minimum absolute atomic E-state index is 0.156. The molecule has 1 aromatic heterocycles. The smallest absolute Gasteiger partial charge is 0.189 e. The first-order valence-electron chi connectivity index (χ1n) is 6.32. The van der Waals surface area contributed by atoms with Crippen molar-refractivity contribution in [2.75, 3.05) is 0 Å². The van der Waals surface area contributed by atoms with Crippen molar-refractivity contribution >= 4 is 10.9 Å². The van der Waals surface area contributed by atoms with E-state index in [2.05, 4.69) is 24.9 Å². The zero-order valence-electron chi connectivity index (χ0n) is 10.3. The Morgan fingerprint density at radius 1 is 1.24 bits per heavy atom. The van der Waals surface area contributed by atoms with Crippen LogP contribution in [0.1, 0.15) is 49.8 Å². The summed E-state index contributed by atoms with van der Waals surface area (Å²) in [6.07, 6.45) is 2.43. The van der Waals surface area contributed by atoms with E-state index >= 15 is 0 Å². The first-order valence-corrected chi connectivity index (χ1v) is 6.32. The van der Waals surface area contributed by atoms with E-state index in [-0.39, 0.29) is 5.43 Å². The second-order valence-corrected chi connectivity index (χ2v) is 5.32. The van der Waals surface area contributed by atoms with Crippen LogP contribution in [0.3, 0.4) is 0 Å². The maximum Gasteiger partial charge on any atom is 0.189 e. The molecule has 1 aliphatic carbocycles. The molecule has 1 saturated carbocycles. The molecule has 0 saturated heterocycles. The van der Waals surface area contributed by atoms with Crippen molar-refractivity contribution in [3.8, 4) is 0 Å². The van der Waals surface area contributed by atoms with Crippen molar-refractivity contribution in [3.63, 3.8) is 0 Å². The van der Waals surface area contributed by atoms with Gasteiger partial charge in [-0.3, -0.25) is 4.79 Å². The van der Waals surface area contributed by atoms with E-state index in [0.717, 1.165) is 16.6 Å². The van der Waals surface area contributed by atoms with Gasteiger partial charge in [0.05, 0.1) is 0 Å². The molecule has 0 unspecified atom stereocenters. The minimum atomic E-state index is 0.156. The van der Waals surface area contributed by atoms with E-state index in [1.54, 1.807) is 6.07 Å². The monoisotopic (exact) mass is 227 g/mol. The Labute approximate surface area is 101 Å². The van der Waals surface area contributed by atoms with E-state index < -0.39 is 0 Å². The molecule has 1 N–H and O–H groups in total. The van der Waals surface area contributed by atoms with Gasteiger partial charge in [0.15, 0.2) is 5.43 Å². The lowest BCUT2D eigenvalue weighted by Gasteiger charge is -2.08. The van der Waals surface area contributed by atoms with Gasteiger partial charge in [0.2, 0.25) is 0 Å². The Balaban J connectivity index is 2.20. The summed E-state index contributed by atoms with van der Waals surface area (Å²) in [5.74, 6) is 1.05. The highest BCUT2D eigenvalue weighted by Gasteiger charge is 2.24. The van der Waals surface area contributed by atoms with E-state index in [1.807, 2.05) is 12.1 Å².